The maximum absolute atomic E-state index is 12.1. The van der Waals surface area contributed by atoms with E-state index in [1.807, 2.05) is 26.0 Å². The predicted octanol–water partition coefficient (Wildman–Crippen LogP) is 3.78. The number of rotatable bonds is 5. The van der Waals surface area contributed by atoms with Gasteiger partial charge in [-0.15, -0.1) is 11.3 Å². The maximum Gasteiger partial charge on any atom is 0.341 e. The molecular formula is C18H20N2O3S. The first-order chi connectivity index (χ1) is 11.4. The van der Waals surface area contributed by atoms with Crippen LogP contribution in [0.15, 0.2) is 30.3 Å². The van der Waals surface area contributed by atoms with Crippen molar-refractivity contribution in [2.24, 2.45) is 0 Å². The summed E-state index contributed by atoms with van der Waals surface area (Å²) in [6.07, 6.45) is 3.11. The summed E-state index contributed by atoms with van der Waals surface area (Å²) in [6, 6.07) is 7.18. The van der Waals surface area contributed by atoms with Gasteiger partial charge in [0, 0.05) is 16.6 Å². The lowest BCUT2D eigenvalue weighted by Crippen LogP contribution is -2.12. The van der Waals surface area contributed by atoms with Gasteiger partial charge in [-0.05, 0) is 50.1 Å². The molecule has 0 aliphatic carbocycles. The zero-order chi connectivity index (χ0) is 17.7. The van der Waals surface area contributed by atoms with Crippen molar-refractivity contribution in [3.8, 4) is 0 Å². The van der Waals surface area contributed by atoms with Crippen LogP contribution in [0.3, 0.4) is 0 Å². The molecule has 0 saturated carbocycles. The molecule has 1 aromatic carbocycles. The molecule has 0 atom stereocenters. The molecule has 0 saturated heterocycles. The van der Waals surface area contributed by atoms with Crippen molar-refractivity contribution < 1.29 is 14.3 Å². The number of anilines is 2. The van der Waals surface area contributed by atoms with E-state index >= 15 is 0 Å². The molecule has 2 aromatic rings. The van der Waals surface area contributed by atoms with E-state index < -0.39 is 5.97 Å². The van der Waals surface area contributed by atoms with Gasteiger partial charge in [0.1, 0.15) is 5.00 Å². The molecule has 6 heteroatoms. The number of esters is 1. The summed E-state index contributed by atoms with van der Waals surface area (Å²) in [5.41, 5.74) is 8.41. The lowest BCUT2D eigenvalue weighted by molar-refractivity contribution is -0.111. The summed E-state index contributed by atoms with van der Waals surface area (Å²) in [4.78, 5) is 25.2. The van der Waals surface area contributed by atoms with Crippen LogP contribution in [0.25, 0.3) is 6.08 Å². The molecule has 24 heavy (non-hydrogen) atoms. The van der Waals surface area contributed by atoms with Crippen molar-refractivity contribution in [1.29, 1.82) is 0 Å². The molecule has 2 rings (SSSR count). The number of aryl methyl sites for hydroxylation is 1. The van der Waals surface area contributed by atoms with Gasteiger partial charge in [0.25, 0.3) is 0 Å². The van der Waals surface area contributed by atoms with Crippen LogP contribution in [0, 0.1) is 13.8 Å². The quantitative estimate of drug-likeness (QED) is 0.491. The standard InChI is InChI=1S/C18H20N2O3S/c1-4-23-18(22)16-11(2)12(3)24-17(16)20-15(21)10-7-13-5-8-14(19)9-6-13/h5-10H,4,19H2,1-3H3,(H,20,21)/b10-7+. The second-order valence-corrected chi connectivity index (χ2v) is 6.42. The van der Waals surface area contributed by atoms with Crippen molar-refractivity contribution in [3.05, 3.63) is 51.9 Å². The molecular weight excluding hydrogens is 324 g/mol. The predicted molar refractivity (Wildman–Crippen MR) is 98.3 cm³/mol. The van der Waals surface area contributed by atoms with Gasteiger partial charge in [0.05, 0.1) is 12.2 Å². The Labute approximate surface area is 145 Å². The monoisotopic (exact) mass is 344 g/mol. The van der Waals surface area contributed by atoms with Crippen molar-refractivity contribution in [3.63, 3.8) is 0 Å². The largest absolute Gasteiger partial charge is 0.462 e. The van der Waals surface area contributed by atoms with E-state index in [4.69, 9.17) is 10.5 Å². The molecule has 0 fully saturated rings. The van der Waals surface area contributed by atoms with Crippen molar-refractivity contribution >= 4 is 40.0 Å². The van der Waals surface area contributed by atoms with Crippen LogP contribution in [-0.4, -0.2) is 18.5 Å². The van der Waals surface area contributed by atoms with Crippen LogP contribution >= 0.6 is 11.3 Å². The Morgan fingerprint density at radius 3 is 2.54 bits per heavy atom. The smallest absolute Gasteiger partial charge is 0.341 e. The second kappa shape index (κ2) is 7.79. The number of hydrogen-bond acceptors (Lipinski definition) is 5. The summed E-state index contributed by atoms with van der Waals surface area (Å²) in [7, 11) is 0. The summed E-state index contributed by atoms with van der Waals surface area (Å²) in [6.45, 7) is 5.79. The Morgan fingerprint density at radius 1 is 1.25 bits per heavy atom. The van der Waals surface area contributed by atoms with Crippen LogP contribution in [0.2, 0.25) is 0 Å². The minimum atomic E-state index is -0.419. The summed E-state index contributed by atoms with van der Waals surface area (Å²) < 4.78 is 5.07. The molecule has 0 radical (unpaired) electrons. The van der Waals surface area contributed by atoms with Crippen molar-refractivity contribution in [2.45, 2.75) is 20.8 Å². The second-order valence-electron chi connectivity index (χ2n) is 5.20. The first-order valence-electron chi connectivity index (χ1n) is 7.54. The van der Waals surface area contributed by atoms with Gasteiger partial charge >= 0.3 is 5.97 Å². The van der Waals surface area contributed by atoms with Gasteiger partial charge in [-0.1, -0.05) is 12.1 Å². The van der Waals surface area contributed by atoms with Gasteiger partial charge in [-0.3, -0.25) is 4.79 Å². The molecule has 1 heterocycles. The zero-order valence-electron chi connectivity index (χ0n) is 13.9. The first kappa shape index (κ1) is 17.7. The molecule has 1 amide bonds. The Morgan fingerprint density at radius 2 is 1.92 bits per heavy atom. The normalized spacial score (nSPS) is 10.8. The number of nitrogens with two attached hydrogens (primary N) is 1. The highest BCUT2D eigenvalue weighted by Crippen LogP contribution is 2.33. The summed E-state index contributed by atoms with van der Waals surface area (Å²) >= 11 is 1.36. The number of ether oxygens (including phenoxy) is 1. The van der Waals surface area contributed by atoms with E-state index in [0.29, 0.717) is 16.3 Å². The minimum Gasteiger partial charge on any atom is -0.462 e. The van der Waals surface area contributed by atoms with E-state index in [0.717, 1.165) is 16.0 Å². The van der Waals surface area contributed by atoms with Gasteiger partial charge in [0.15, 0.2) is 0 Å². The van der Waals surface area contributed by atoms with Gasteiger partial charge < -0.3 is 15.8 Å². The molecule has 0 bridgehead atoms. The summed E-state index contributed by atoms with van der Waals surface area (Å²) in [5.74, 6) is -0.726. The van der Waals surface area contributed by atoms with Crippen molar-refractivity contribution in [2.75, 3.05) is 17.7 Å². The molecule has 0 aliphatic heterocycles. The number of amides is 1. The van der Waals surface area contributed by atoms with E-state index in [1.165, 1.54) is 17.4 Å². The average Bonchev–Trinajstić information content (AvgIpc) is 2.81. The number of carbonyl (C=O) groups excluding carboxylic acids is 2. The average molecular weight is 344 g/mol. The number of nitrogens with one attached hydrogen (secondary N) is 1. The highest BCUT2D eigenvalue weighted by Gasteiger charge is 2.21. The Hall–Kier alpha value is -2.60. The molecule has 126 valence electrons. The van der Waals surface area contributed by atoms with Gasteiger partial charge in [-0.2, -0.15) is 0 Å². The lowest BCUT2D eigenvalue weighted by Gasteiger charge is -2.05. The number of hydrogen-bond donors (Lipinski definition) is 2. The number of thiophene rings is 1. The minimum absolute atomic E-state index is 0.289. The molecule has 0 aliphatic rings. The fraction of sp³-hybridized carbons (Fsp3) is 0.222. The molecule has 3 N–H and O–H groups in total. The fourth-order valence-corrected chi connectivity index (χ4v) is 3.15. The lowest BCUT2D eigenvalue weighted by atomic mass is 10.1. The first-order valence-corrected chi connectivity index (χ1v) is 8.35. The van der Waals surface area contributed by atoms with Crippen molar-refractivity contribution in [1.82, 2.24) is 0 Å². The third-order valence-electron chi connectivity index (χ3n) is 3.47. The highest BCUT2D eigenvalue weighted by molar-refractivity contribution is 7.16. The van der Waals surface area contributed by atoms with Crippen LogP contribution < -0.4 is 11.1 Å². The van der Waals surface area contributed by atoms with E-state index in [1.54, 1.807) is 25.1 Å². The maximum atomic E-state index is 12.1. The topological polar surface area (TPSA) is 81.4 Å². The molecule has 0 unspecified atom stereocenters. The third-order valence-corrected chi connectivity index (χ3v) is 4.59. The number of carbonyl (C=O) groups is 2. The number of benzene rings is 1. The Balaban J connectivity index is 2.15. The SMILES string of the molecule is CCOC(=O)c1c(NC(=O)/C=C/c2ccc(N)cc2)sc(C)c1C. The molecule has 5 nitrogen and oxygen atoms in total. The molecule has 1 aromatic heterocycles. The Kier molecular flexibility index (Phi) is 5.76. The summed E-state index contributed by atoms with van der Waals surface area (Å²) in [5, 5.41) is 3.27. The van der Waals surface area contributed by atoms with Crippen LogP contribution in [-0.2, 0) is 9.53 Å². The van der Waals surface area contributed by atoms with Crippen LogP contribution in [0.5, 0.6) is 0 Å². The molecule has 0 spiro atoms. The van der Waals surface area contributed by atoms with E-state index in [-0.39, 0.29) is 12.5 Å². The van der Waals surface area contributed by atoms with E-state index in [9.17, 15) is 9.59 Å². The third kappa shape index (κ3) is 4.23. The van der Waals surface area contributed by atoms with E-state index in [2.05, 4.69) is 5.32 Å². The van der Waals surface area contributed by atoms with Crippen LogP contribution in [0.1, 0.15) is 33.3 Å². The fourth-order valence-electron chi connectivity index (χ4n) is 2.10. The highest BCUT2D eigenvalue weighted by atomic mass is 32.1. The van der Waals surface area contributed by atoms with Gasteiger partial charge in [-0.25, -0.2) is 4.79 Å². The number of nitrogen functional groups attached to an aromatic ring is 1. The van der Waals surface area contributed by atoms with Crippen LogP contribution in [0.4, 0.5) is 10.7 Å². The Bertz CT molecular complexity index is 776. The van der Waals surface area contributed by atoms with Gasteiger partial charge in [0.2, 0.25) is 5.91 Å². The zero-order valence-corrected chi connectivity index (χ0v) is 14.7.